The predicted molar refractivity (Wildman–Crippen MR) is 193 cm³/mol. The van der Waals surface area contributed by atoms with Crippen LogP contribution in [-0.4, -0.2) is 5.78 Å². The summed E-state index contributed by atoms with van der Waals surface area (Å²) in [5.41, 5.74) is 3.89. The van der Waals surface area contributed by atoms with Crippen LogP contribution >= 0.6 is 0 Å². The van der Waals surface area contributed by atoms with Crippen LogP contribution < -0.4 is 4.74 Å². The van der Waals surface area contributed by atoms with Crippen molar-refractivity contribution < 1.29 is 16.7 Å². The van der Waals surface area contributed by atoms with Crippen molar-refractivity contribution in [2.75, 3.05) is 0 Å². The lowest BCUT2D eigenvalue weighted by Crippen LogP contribution is -1.97. The van der Waals surface area contributed by atoms with E-state index in [2.05, 4.69) is 125 Å². The number of benzene rings is 3. The van der Waals surface area contributed by atoms with Gasteiger partial charge in [0.15, 0.2) is 5.76 Å². The van der Waals surface area contributed by atoms with Crippen molar-refractivity contribution in [1.29, 1.82) is 0 Å². The SMILES string of the molecule is C#CC#CC#CC#CC#CC#CC#CC#CC#CC#CC.O=C1/C(=C/c2ccc(-c3ccccc3)cc2)Oc2ccccc21.O=O.[HH].[HH].[HH].[HH].[HH]. The van der Waals surface area contributed by atoms with E-state index in [0.717, 1.165) is 11.1 Å². The van der Waals surface area contributed by atoms with Crippen molar-refractivity contribution >= 4 is 11.9 Å². The summed E-state index contributed by atoms with van der Waals surface area (Å²) >= 11 is 0. The molecule has 1 aliphatic rings. The molecule has 0 unspecified atom stereocenters. The first-order chi connectivity index (χ1) is 22.7. The van der Waals surface area contributed by atoms with Crippen molar-refractivity contribution in [3.8, 4) is 136 Å². The quantitative estimate of drug-likeness (QED) is 0.238. The van der Waals surface area contributed by atoms with Gasteiger partial charge in [-0.3, -0.25) is 4.79 Å². The molecule has 0 radical (unpaired) electrons. The molecule has 0 spiro atoms. The van der Waals surface area contributed by atoms with Gasteiger partial charge in [-0.25, -0.2) is 0 Å². The maximum atomic E-state index is 12.3. The minimum Gasteiger partial charge on any atom is -0.452 e. The van der Waals surface area contributed by atoms with Crippen molar-refractivity contribution in [3.05, 3.63) is 106 Å². The third-order valence-electron chi connectivity index (χ3n) is 5.09. The number of carbonyl (C=O) groups is 1. The van der Waals surface area contributed by atoms with Gasteiger partial charge in [0.05, 0.1) is 5.56 Å². The number of hydrogen-bond acceptors (Lipinski definition) is 4. The Kier molecular flexibility index (Phi) is 16.2. The summed E-state index contributed by atoms with van der Waals surface area (Å²) in [6.07, 6.45) is 6.69. The lowest BCUT2D eigenvalue weighted by molar-refractivity contribution is 0.101. The summed E-state index contributed by atoms with van der Waals surface area (Å²) in [5, 5.41) is 0. The van der Waals surface area contributed by atoms with E-state index in [1.54, 1.807) is 19.1 Å². The topological polar surface area (TPSA) is 60.4 Å². The third kappa shape index (κ3) is 12.7. The highest BCUT2D eigenvalue weighted by atomic mass is 16.7. The highest BCUT2D eigenvalue weighted by Crippen LogP contribution is 2.31. The molecule has 220 valence electrons. The molecular weight excluding hydrogens is 568 g/mol. The summed E-state index contributed by atoms with van der Waals surface area (Å²) in [4.78, 5) is 26.3. The first kappa shape index (κ1) is 34.3. The molecule has 0 amide bonds. The van der Waals surface area contributed by atoms with Gasteiger partial charge in [-0.05, 0) is 137 Å². The highest BCUT2D eigenvalue weighted by molar-refractivity contribution is 6.14. The molecule has 1 heterocycles. The molecule has 0 atom stereocenters. The van der Waals surface area contributed by atoms with Crippen LogP contribution in [0.5, 0.6) is 5.75 Å². The van der Waals surface area contributed by atoms with E-state index in [1.165, 1.54) is 5.56 Å². The Balaban J connectivity index is -0.000000380. The van der Waals surface area contributed by atoms with Gasteiger partial charge >= 0.3 is 0 Å². The summed E-state index contributed by atoms with van der Waals surface area (Å²) in [5.74, 6) is 47.8. The van der Waals surface area contributed by atoms with Crippen molar-refractivity contribution in [3.63, 3.8) is 0 Å². The Labute approximate surface area is 276 Å². The first-order valence-corrected chi connectivity index (χ1v) is 13.0. The summed E-state index contributed by atoms with van der Waals surface area (Å²) in [6, 6.07) is 25.6. The molecule has 4 rings (SSSR count). The van der Waals surface area contributed by atoms with Gasteiger partial charge in [-0.15, -0.1) is 6.42 Å². The number of carbonyl (C=O) groups excluding carboxylic acids is 1. The number of allylic oxidation sites excluding steroid dienone is 1. The zero-order valence-corrected chi connectivity index (χ0v) is 24.3. The van der Waals surface area contributed by atoms with Crippen molar-refractivity contribution in [1.82, 2.24) is 0 Å². The number of ketones is 1. The summed E-state index contributed by atoms with van der Waals surface area (Å²) in [6.45, 7) is 1.70. The first-order valence-electron chi connectivity index (χ1n) is 13.0. The largest absolute Gasteiger partial charge is 0.452 e. The van der Waals surface area contributed by atoms with Gasteiger partial charge in [-0.1, -0.05) is 72.7 Å². The molecule has 0 aliphatic carbocycles. The number of fused-ring (bicyclic) bond motifs is 1. The van der Waals surface area contributed by atoms with Gasteiger partial charge in [0.25, 0.3) is 0 Å². The molecule has 0 bridgehead atoms. The molecule has 0 saturated carbocycles. The number of Topliss-reactive ketones (excluding diaryl/α,β-unsaturated/α-hetero) is 1. The monoisotopic (exact) mass is 596 g/mol. The lowest BCUT2D eigenvalue weighted by atomic mass is 10.0. The number of ether oxygens (including phenoxy) is 1. The minimum atomic E-state index is -0.0623. The van der Waals surface area contributed by atoms with Crippen LogP contribution in [0, 0.1) is 129 Å². The van der Waals surface area contributed by atoms with Crippen LogP contribution in [0.15, 0.2) is 84.6 Å². The molecule has 0 N–H and O–H groups in total. The average molecular weight is 597 g/mol. The molecule has 46 heavy (non-hydrogen) atoms. The van der Waals surface area contributed by atoms with Gasteiger partial charge in [-0.2, -0.15) is 0 Å². The second-order valence-corrected chi connectivity index (χ2v) is 7.94. The van der Waals surface area contributed by atoms with E-state index in [4.69, 9.17) is 21.1 Å². The Hall–Kier alpha value is -7.93. The van der Waals surface area contributed by atoms with E-state index >= 15 is 0 Å². The zero-order valence-electron chi connectivity index (χ0n) is 24.3. The van der Waals surface area contributed by atoms with Crippen LogP contribution in [0.25, 0.3) is 17.2 Å². The second kappa shape index (κ2) is 21.8. The second-order valence-electron chi connectivity index (χ2n) is 7.94. The smallest absolute Gasteiger partial charge is 0.231 e. The van der Waals surface area contributed by atoms with Crippen LogP contribution in [-0.2, 0) is 0 Å². The van der Waals surface area contributed by atoms with E-state index in [0.29, 0.717) is 17.1 Å². The summed E-state index contributed by atoms with van der Waals surface area (Å²) in [7, 11) is 0. The third-order valence-corrected chi connectivity index (χ3v) is 5.09. The molecule has 3 aromatic carbocycles. The fourth-order valence-corrected chi connectivity index (χ4v) is 3.26. The molecule has 4 heteroatoms. The van der Waals surface area contributed by atoms with E-state index in [-0.39, 0.29) is 12.9 Å². The fourth-order valence-electron chi connectivity index (χ4n) is 3.26. The lowest BCUT2D eigenvalue weighted by Gasteiger charge is -2.02. The Morgan fingerprint density at radius 3 is 1.48 bits per heavy atom. The van der Waals surface area contributed by atoms with E-state index in [1.807, 2.05) is 60.7 Å². The molecule has 3 aromatic rings. The number of hydrogen-bond donors (Lipinski definition) is 0. The average Bonchev–Trinajstić information content (AvgIpc) is 3.42. The van der Waals surface area contributed by atoms with Gasteiger partial charge in [0, 0.05) is 28.9 Å². The number of terminal acetylenes is 1. The number of para-hydroxylation sites is 1. The molecule has 4 nitrogen and oxygen atoms in total. The van der Waals surface area contributed by atoms with Gasteiger partial charge in [0.2, 0.25) is 5.78 Å². The Morgan fingerprint density at radius 1 is 0.565 bits per heavy atom. The molecule has 0 saturated heterocycles. The predicted octanol–water partition coefficient (Wildman–Crippen LogP) is 6.94. The van der Waals surface area contributed by atoms with Gasteiger partial charge in [0.1, 0.15) is 5.75 Å². The van der Waals surface area contributed by atoms with Crippen LogP contribution in [0.4, 0.5) is 0 Å². The molecule has 0 aromatic heterocycles. The Bertz CT molecular complexity index is 2250. The summed E-state index contributed by atoms with van der Waals surface area (Å²) < 4.78 is 5.65. The van der Waals surface area contributed by atoms with Crippen LogP contribution in [0.3, 0.4) is 0 Å². The molecular formula is C42H28O4. The van der Waals surface area contributed by atoms with Crippen LogP contribution in [0.2, 0.25) is 0 Å². The van der Waals surface area contributed by atoms with E-state index in [9.17, 15) is 4.79 Å². The molecule has 0 fully saturated rings. The fraction of sp³-hybridized carbons (Fsp3) is 0.0238. The van der Waals surface area contributed by atoms with Crippen molar-refractivity contribution in [2.24, 2.45) is 0 Å². The maximum Gasteiger partial charge on any atom is 0.231 e. The zero-order chi connectivity index (χ0) is 33.1. The van der Waals surface area contributed by atoms with Crippen molar-refractivity contribution in [2.45, 2.75) is 6.92 Å². The van der Waals surface area contributed by atoms with E-state index < -0.39 is 0 Å². The van der Waals surface area contributed by atoms with Gasteiger partial charge < -0.3 is 4.74 Å². The standard InChI is InChI=1S/C21H14O2.C21H4.O2.5H2/c22-21-18-8-4-5-9-19(18)23-20(21)14-15-10-12-17(13-11-15)16-6-2-1-3-7-16;1-3-5-7-9-11-13-15-17-19-21-20-18-16-14-12-10-8-6-4-2;1-2;;;;;/h1-14H;1H,2H3;;5*1H/b20-14-;;;;;;;. The maximum absolute atomic E-state index is 12.3. The Morgan fingerprint density at radius 2 is 1.00 bits per heavy atom. The number of rotatable bonds is 2. The van der Waals surface area contributed by atoms with Crippen LogP contribution in [0.1, 0.15) is 30.0 Å². The normalized spacial score (nSPS) is 9.13. The molecule has 1 aliphatic heterocycles. The highest BCUT2D eigenvalue weighted by Gasteiger charge is 2.26. The minimum absolute atomic E-state index is 0.